The maximum Gasteiger partial charge on any atom is 0.252 e. The Hall–Kier alpha value is -8.34. The van der Waals surface area contributed by atoms with Gasteiger partial charge in [-0.2, -0.15) is 0 Å². The van der Waals surface area contributed by atoms with Crippen LogP contribution in [0.5, 0.6) is 0 Å². The summed E-state index contributed by atoms with van der Waals surface area (Å²) in [5, 5.41) is 0. The first-order valence-electron chi connectivity index (χ1n) is 24.3. The Bertz CT molecular complexity index is 3410. The molecule has 0 bridgehead atoms. The monoisotopic (exact) mass is 901 g/mol. The van der Waals surface area contributed by atoms with Crippen molar-refractivity contribution >= 4 is 79.9 Å². The first-order valence-corrected chi connectivity index (χ1v) is 24.3. The van der Waals surface area contributed by atoms with Crippen molar-refractivity contribution in [2.45, 2.75) is 40.0 Å². The fraction of sp³-hybridized carbons (Fsp3) is 0.0909. The van der Waals surface area contributed by atoms with E-state index in [9.17, 15) is 0 Å². The Morgan fingerprint density at radius 2 is 1.01 bits per heavy atom. The third-order valence-corrected chi connectivity index (χ3v) is 14.0. The van der Waals surface area contributed by atoms with E-state index in [4.69, 9.17) is 0 Å². The van der Waals surface area contributed by atoms with Crippen molar-refractivity contribution in [3.05, 3.63) is 260 Å². The number of benzene rings is 9. The van der Waals surface area contributed by atoms with Crippen LogP contribution in [0, 0.1) is 13.8 Å². The van der Waals surface area contributed by atoms with Crippen molar-refractivity contribution in [2.75, 3.05) is 14.7 Å². The minimum Gasteiger partial charge on any atom is -0.311 e. The van der Waals surface area contributed by atoms with Crippen LogP contribution < -0.4 is 31.1 Å². The summed E-state index contributed by atoms with van der Waals surface area (Å²) in [5.74, 6) is 0. The molecule has 9 aromatic rings. The molecule has 0 radical (unpaired) electrons. The summed E-state index contributed by atoms with van der Waals surface area (Å²) in [6, 6.07) is 76.3. The predicted octanol–water partition coefficient (Wildman–Crippen LogP) is 16.2. The van der Waals surface area contributed by atoms with Gasteiger partial charge in [0.05, 0.1) is 11.4 Å². The van der Waals surface area contributed by atoms with E-state index in [0.29, 0.717) is 0 Å². The molecule has 4 heteroatoms. The second-order valence-corrected chi connectivity index (χ2v) is 19.7. The number of para-hydroxylation sites is 1. The molecule has 0 fully saturated rings. The average molecular weight is 902 g/mol. The van der Waals surface area contributed by atoms with Gasteiger partial charge in [0.2, 0.25) is 0 Å². The van der Waals surface area contributed by atoms with Gasteiger partial charge in [-0.1, -0.05) is 203 Å². The SMILES string of the molecule is C=C/C=C(\C=C)c1ccccc1N1c2ccc(C(C)(C)C)cc2B2c3cc(C)ccc3N(c3ccc(C)cc3)c3cc(N(c4cccc(-c5ccccc5)c4)c4cccc(-c5ccccc5)c4)cc1c32. The highest BCUT2D eigenvalue weighted by Gasteiger charge is 2.45. The lowest BCUT2D eigenvalue weighted by molar-refractivity contribution is 0.591. The molecule has 11 rings (SSSR count). The summed E-state index contributed by atoms with van der Waals surface area (Å²) >= 11 is 0. The molecule has 0 amide bonds. The van der Waals surface area contributed by atoms with E-state index in [1.807, 2.05) is 12.2 Å². The van der Waals surface area contributed by atoms with Crippen LogP contribution in [0.4, 0.5) is 51.2 Å². The summed E-state index contributed by atoms with van der Waals surface area (Å²) < 4.78 is 0. The zero-order valence-corrected chi connectivity index (χ0v) is 40.7. The van der Waals surface area contributed by atoms with Gasteiger partial charge in [-0.3, -0.25) is 0 Å². The van der Waals surface area contributed by atoms with Crippen LogP contribution in [-0.4, -0.2) is 6.71 Å². The number of aryl methyl sites for hydroxylation is 2. The third kappa shape index (κ3) is 7.86. The number of hydrogen-bond acceptors (Lipinski definition) is 3. The number of anilines is 9. The molecule has 0 saturated heterocycles. The lowest BCUT2D eigenvalue weighted by Crippen LogP contribution is -2.61. The van der Waals surface area contributed by atoms with E-state index in [0.717, 1.165) is 67.8 Å². The van der Waals surface area contributed by atoms with E-state index in [-0.39, 0.29) is 12.1 Å². The smallest absolute Gasteiger partial charge is 0.252 e. The van der Waals surface area contributed by atoms with Crippen LogP contribution >= 0.6 is 0 Å². The number of rotatable bonds is 10. The summed E-state index contributed by atoms with van der Waals surface area (Å²) in [7, 11) is 0. The van der Waals surface area contributed by atoms with Gasteiger partial charge in [-0.25, -0.2) is 0 Å². The van der Waals surface area contributed by atoms with Crippen molar-refractivity contribution in [1.29, 1.82) is 0 Å². The van der Waals surface area contributed by atoms with Crippen LogP contribution in [0.2, 0.25) is 0 Å². The van der Waals surface area contributed by atoms with Gasteiger partial charge in [0, 0.05) is 45.4 Å². The molecule has 0 aromatic heterocycles. The second kappa shape index (κ2) is 18.0. The Balaban J connectivity index is 1.28. The highest BCUT2D eigenvalue weighted by Crippen LogP contribution is 2.50. The van der Waals surface area contributed by atoms with Crippen LogP contribution in [0.3, 0.4) is 0 Å². The molecular weight excluding hydrogens is 846 g/mol. The van der Waals surface area contributed by atoms with E-state index in [1.54, 1.807) is 0 Å². The van der Waals surface area contributed by atoms with Crippen LogP contribution in [0.25, 0.3) is 27.8 Å². The molecule has 2 aliphatic rings. The lowest BCUT2D eigenvalue weighted by Gasteiger charge is -2.45. The summed E-state index contributed by atoms with van der Waals surface area (Å²) in [4.78, 5) is 7.50. The van der Waals surface area contributed by atoms with Gasteiger partial charge in [0.25, 0.3) is 6.71 Å². The van der Waals surface area contributed by atoms with E-state index in [1.165, 1.54) is 49.9 Å². The van der Waals surface area contributed by atoms with Gasteiger partial charge >= 0.3 is 0 Å². The average Bonchev–Trinajstić information content (AvgIpc) is 3.39. The van der Waals surface area contributed by atoms with Crippen molar-refractivity contribution in [3.63, 3.8) is 0 Å². The zero-order valence-electron chi connectivity index (χ0n) is 40.7. The van der Waals surface area contributed by atoms with E-state index < -0.39 is 0 Å². The third-order valence-electron chi connectivity index (χ3n) is 14.0. The van der Waals surface area contributed by atoms with Gasteiger partial charge in [-0.15, -0.1) is 0 Å². The van der Waals surface area contributed by atoms with Crippen LogP contribution in [0.15, 0.2) is 238 Å². The molecule has 70 heavy (non-hydrogen) atoms. The van der Waals surface area contributed by atoms with Crippen LogP contribution in [-0.2, 0) is 5.41 Å². The Labute approximate surface area is 414 Å². The fourth-order valence-corrected chi connectivity index (χ4v) is 10.6. The molecular formula is C66H56BN3. The minimum atomic E-state index is -0.0749. The van der Waals surface area contributed by atoms with Gasteiger partial charge in [-0.05, 0) is 136 Å². The first-order chi connectivity index (χ1) is 34.1. The maximum atomic E-state index is 4.32. The number of nitrogens with zero attached hydrogens (tertiary/aromatic N) is 3. The zero-order chi connectivity index (χ0) is 48.1. The van der Waals surface area contributed by atoms with Crippen LogP contribution in [0.1, 0.15) is 43.0 Å². The van der Waals surface area contributed by atoms with Crippen molar-refractivity contribution in [1.82, 2.24) is 0 Å². The molecule has 3 nitrogen and oxygen atoms in total. The summed E-state index contributed by atoms with van der Waals surface area (Å²) in [6.07, 6.45) is 5.87. The second-order valence-electron chi connectivity index (χ2n) is 19.7. The van der Waals surface area contributed by atoms with E-state index >= 15 is 0 Å². The molecule has 2 heterocycles. The number of hydrogen-bond donors (Lipinski definition) is 0. The molecule has 0 unspecified atom stereocenters. The molecule has 2 aliphatic heterocycles. The van der Waals surface area contributed by atoms with Crippen molar-refractivity contribution in [3.8, 4) is 22.3 Å². The predicted molar refractivity (Wildman–Crippen MR) is 303 cm³/mol. The normalized spacial score (nSPS) is 12.8. The van der Waals surface area contributed by atoms with Crippen molar-refractivity contribution in [2.24, 2.45) is 0 Å². The summed E-state index contributed by atoms with van der Waals surface area (Å²) in [6.45, 7) is 19.7. The summed E-state index contributed by atoms with van der Waals surface area (Å²) in [5.41, 5.74) is 24.2. The fourth-order valence-electron chi connectivity index (χ4n) is 10.6. The maximum absolute atomic E-state index is 4.32. The molecule has 9 aromatic carbocycles. The van der Waals surface area contributed by atoms with Gasteiger partial charge in [0.1, 0.15) is 0 Å². The highest BCUT2D eigenvalue weighted by atomic mass is 15.2. The van der Waals surface area contributed by atoms with Gasteiger partial charge in [0.15, 0.2) is 0 Å². The highest BCUT2D eigenvalue weighted by molar-refractivity contribution is 7.00. The molecule has 338 valence electrons. The topological polar surface area (TPSA) is 9.72 Å². The first kappa shape index (κ1) is 44.2. The molecule has 0 N–H and O–H groups in total. The van der Waals surface area contributed by atoms with Gasteiger partial charge < -0.3 is 14.7 Å². The standard InChI is InChI=1S/C66H56BN3/c1-8-20-47(9-2)57-29-16-17-30-60(57)70-62-38-34-52(66(5,6)7)42-59(62)67-58-39-46(4)33-37-61(58)69(53-35-31-45(3)32-36-53)63-43-56(44-64(70)65(63)67)68(54-27-18-25-50(40-54)48-21-12-10-13-22-48)55-28-19-26-51(41-55)49-23-14-11-15-24-49/h8-44H,1-2H2,3-7H3/b47-20+. The molecule has 0 aliphatic carbocycles. The Morgan fingerprint density at radius 3 is 1.63 bits per heavy atom. The molecule has 0 atom stereocenters. The number of fused-ring (bicyclic) bond motifs is 4. The quantitative estimate of drug-likeness (QED) is 0.100. The number of allylic oxidation sites excluding steroid dienone is 4. The Kier molecular flexibility index (Phi) is 11.3. The molecule has 0 saturated carbocycles. The Morgan fingerprint density at radius 1 is 0.471 bits per heavy atom. The molecule has 0 spiro atoms. The lowest BCUT2D eigenvalue weighted by atomic mass is 9.33. The minimum absolute atomic E-state index is 0.0600. The van der Waals surface area contributed by atoms with Crippen molar-refractivity contribution < 1.29 is 0 Å². The largest absolute Gasteiger partial charge is 0.311 e. The van der Waals surface area contributed by atoms with E-state index in [2.05, 4.69) is 275 Å².